The topological polar surface area (TPSA) is 327 Å². The van der Waals surface area contributed by atoms with Crippen LogP contribution in [0.2, 0.25) is 0 Å². The largest absolute Gasteiger partial charge is 0.464 e. The van der Waals surface area contributed by atoms with Crippen LogP contribution in [-0.4, -0.2) is 105 Å². The van der Waals surface area contributed by atoms with E-state index in [4.69, 9.17) is 43.9 Å². The van der Waals surface area contributed by atoms with Gasteiger partial charge in [-0.2, -0.15) is 0 Å². The minimum absolute atomic E-state index is 0.00807. The van der Waals surface area contributed by atoms with Crippen LogP contribution in [0.4, 0.5) is 0 Å². The summed E-state index contributed by atoms with van der Waals surface area (Å²) in [7, 11) is 1.49. The third kappa shape index (κ3) is 22.8. The smallest absolute Gasteiger partial charge is 0.305 e. The predicted molar refractivity (Wildman–Crippen MR) is 174 cm³/mol. The van der Waals surface area contributed by atoms with E-state index in [0.717, 1.165) is 6.42 Å². The zero-order chi connectivity index (χ0) is 34.0. The minimum Gasteiger partial charge on any atom is -0.464 e. The summed E-state index contributed by atoms with van der Waals surface area (Å²) >= 11 is 0. The average Bonchev–Trinajstić information content (AvgIpc) is 2.97. The van der Waals surface area contributed by atoms with Crippen molar-refractivity contribution in [3.63, 3.8) is 0 Å². The SMILES string of the molecule is CC/C=C\CC(=O)N(CN=C(N)N=C(C)N)CN=C(N)NC(N)=NCCOC(=O)CCCC(=O)OCCN=C(N)NC(N)=NC. The van der Waals surface area contributed by atoms with Crippen LogP contribution in [0.15, 0.2) is 42.1 Å². The number of amidine groups is 1. The Hall–Kier alpha value is -5.43. The molecule has 0 spiro atoms. The number of aliphatic imine (C=N–C) groups is 6. The number of nitrogens with one attached hydrogen (secondary N) is 2. The highest BCUT2D eigenvalue weighted by Gasteiger charge is 2.12. The van der Waals surface area contributed by atoms with Crippen molar-refractivity contribution < 1.29 is 23.9 Å². The molecule has 0 aromatic carbocycles. The van der Waals surface area contributed by atoms with E-state index >= 15 is 0 Å². The number of hydrogen-bond acceptors (Lipinski definition) is 10. The number of amides is 1. The molecule has 45 heavy (non-hydrogen) atoms. The van der Waals surface area contributed by atoms with Crippen LogP contribution in [0, 0.1) is 0 Å². The van der Waals surface area contributed by atoms with Gasteiger partial charge < -0.3 is 48.8 Å². The van der Waals surface area contributed by atoms with E-state index < -0.39 is 11.9 Å². The number of nitrogens with zero attached hydrogens (tertiary/aromatic N) is 7. The van der Waals surface area contributed by atoms with Crippen molar-refractivity contribution in [2.75, 3.05) is 46.7 Å². The average molecular weight is 638 g/mol. The molecular weight excluding hydrogens is 590 g/mol. The number of nitrogens with two attached hydrogens (primary N) is 6. The minimum atomic E-state index is -0.515. The Morgan fingerprint density at radius 3 is 1.78 bits per heavy atom. The number of hydrogen-bond donors (Lipinski definition) is 8. The van der Waals surface area contributed by atoms with E-state index in [9.17, 15) is 14.4 Å². The van der Waals surface area contributed by atoms with Gasteiger partial charge in [-0.15, -0.1) is 0 Å². The molecule has 0 aliphatic carbocycles. The monoisotopic (exact) mass is 637 g/mol. The summed E-state index contributed by atoms with van der Waals surface area (Å²) in [5.74, 6) is -1.20. The Morgan fingerprint density at radius 1 is 0.756 bits per heavy atom. The van der Waals surface area contributed by atoms with Gasteiger partial charge in [0, 0.05) is 26.3 Å². The number of esters is 2. The lowest BCUT2D eigenvalue weighted by molar-refractivity contribution is -0.145. The van der Waals surface area contributed by atoms with Crippen LogP contribution in [-0.2, 0) is 23.9 Å². The molecule has 0 rings (SSSR count). The lowest BCUT2D eigenvalue weighted by Crippen LogP contribution is -2.43. The van der Waals surface area contributed by atoms with Crippen molar-refractivity contribution >= 4 is 53.5 Å². The summed E-state index contributed by atoms with van der Waals surface area (Å²) < 4.78 is 10.1. The molecule has 0 radical (unpaired) electrons. The Balaban J connectivity index is 4.53. The Labute approximate surface area is 262 Å². The van der Waals surface area contributed by atoms with Crippen molar-refractivity contribution in [3.05, 3.63) is 12.2 Å². The van der Waals surface area contributed by atoms with Gasteiger partial charge in [0.1, 0.15) is 26.6 Å². The van der Waals surface area contributed by atoms with Crippen LogP contribution in [0.1, 0.15) is 46.0 Å². The fraction of sp³-hybridized carbons (Fsp3) is 0.560. The fourth-order valence-corrected chi connectivity index (χ4v) is 2.83. The second kappa shape index (κ2) is 24.1. The maximum atomic E-state index is 12.6. The maximum Gasteiger partial charge on any atom is 0.305 e. The summed E-state index contributed by atoms with van der Waals surface area (Å²) in [6, 6.07) is 0. The summed E-state index contributed by atoms with van der Waals surface area (Å²) in [6.45, 7) is 3.36. The molecule has 20 nitrogen and oxygen atoms in total. The standard InChI is InChI=1S/C25H47N15O5/c1-4-5-6-8-18(41)40(15-35-24(30)37-17(2)26)16-36-25(31)39-23(29)34-12-14-45-20(43)10-7-9-19(42)44-13-11-33-22(28)38-21(27)32-3/h5-6H,4,7-16H2,1-3H3,(H4,26,30,35,37)(H5,27,28,32,33,38)(H5,29,31,34,36,39)/b6-5-. The van der Waals surface area contributed by atoms with Crippen molar-refractivity contribution in [2.24, 2.45) is 64.4 Å². The molecule has 252 valence electrons. The predicted octanol–water partition coefficient (Wildman–Crippen LogP) is -2.90. The Morgan fingerprint density at radius 2 is 1.27 bits per heavy atom. The fourth-order valence-electron chi connectivity index (χ4n) is 2.83. The third-order valence-corrected chi connectivity index (χ3v) is 4.94. The van der Waals surface area contributed by atoms with Crippen LogP contribution in [0.25, 0.3) is 0 Å². The summed E-state index contributed by atoms with van der Waals surface area (Å²) in [5, 5.41) is 5.11. The van der Waals surface area contributed by atoms with Gasteiger partial charge in [0.2, 0.25) is 11.9 Å². The van der Waals surface area contributed by atoms with Gasteiger partial charge in [-0.3, -0.25) is 30.0 Å². The lowest BCUT2D eigenvalue weighted by atomic mass is 10.2. The molecule has 0 unspecified atom stereocenters. The van der Waals surface area contributed by atoms with Crippen LogP contribution >= 0.6 is 0 Å². The maximum absolute atomic E-state index is 12.6. The molecular formula is C25H47N15O5. The van der Waals surface area contributed by atoms with Crippen LogP contribution in [0.3, 0.4) is 0 Å². The van der Waals surface area contributed by atoms with Gasteiger partial charge >= 0.3 is 11.9 Å². The zero-order valence-corrected chi connectivity index (χ0v) is 26.1. The molecule has 1 amide bonds. The lowest BCUT2D eigenvalue weighted by Gasteiger charge is -2.18. The van der Waals surface area contributed by atoms with Crippen LogP contribution in [0.5, 0.6) is 0 Å². The Kier molecular flexibility index (Phi) is 21.2. The van der Waals surface area contributed by atoms with Crippen molar-refractivity contribution in [1.82, 2.24) is 15.5 Å². The van der Waals surface area contributed by atoms with Crippen molar-refractivity contribution in [2.45, 2.75) is 46.0 Å². The first-order chi connectivity index (χ1) is 21.4. The number of carbonyl (C=O) groups excluding carboxylic acids is 3. The van der Waals surface area contributed by atoms with Crippen molar-refractivity contribution in [3.8, 4) is 0 Å². The molecule has 0 aromatic rings. The van der Waals surface area contributed by atoms with E-state index in [2.05, 4.69) is 40.6 Å². The molecule has 0 heterocycles. The molecule has 0 aliphatic heterocycles. The number of carbonyl (C=O) groups is 3. The number of allylic oxidation sites excluding steroid dienone is 1. The van der Waals surface area contributed by atoms with Gasteiger partial charge in [-0.05, 0) is 19.8 Å². The molecule has 14 N–H and O–H groups in total. The molecule has 0 saturated carbocycles. The highest BCUT2D eigenvalue weighted by Crippen LogP contribution is 2.01. The highest BCUT2D eigenvalue weighted by atomic mass is 16.5. The zero-order valence-electron chi connectivity index (χ0n) is 26.1. The van der Waals surface area contributed by atoms with Gasteiger partial charge in [0.15, 0.2) is 23.8 Å². The number of guanidine groups is 5. The van der Waals surface area contributed by atoms with Gasteiger partial charge in [-0.25, -0.2) is 25.0 Å². The second-order valence-electron chi connectivity index (χ2n) is 8.80. The quantitative estimate of drug-likeness (QED) is 0.0261. The van der Waals surface area contributed by atoms with Gasteiger partial charge in [0.05, 0.1) is 18.9 Å². The summed E-state index contributed by atoms with van der Waals surface area (Å²) in [5.41, 5.74) is 33.8. The van der Waals surface area contributed by atoms with Gasteiger partial charge in [0.25, 0.3) is 0 Å². The second-order valence-corrected chi connectivity index (χ2v) is 8.80. The third-order valence-electron chi connectivity index (χ3n) is 4.94. The molecule has 0 atom stereocenters. The normalized spacial score (nSPS) is 13.5. The Bertz CT molecular complexity index is 1160. The van der Waals surface area contributed by atoms with E-state index in [1.807, 2.05) is 13.0 Å². The van der Waals surface area contributed by atoms with E-state index in [-0.39, 0.29) is 107 Å². The summed E-state index contributed by atoms with van der Waals surface area (Å²) in [4.78, 5) is 61.0. The van der Waals surface area contributed by atoms with Crippen LogP contribution < -0.4 is 45.0 Å². The highest BCUT2D eigenvalue weighted by molar-refractivity contribution is 5.97. The molecule has 0 saturated heterocycles. The van der Waals surface area contributed by atoms with Crippen molar-refractivity contribution in [1.29, 1.82) is 0 Å². The molecule has 20 heteroatoms. The summed E-state index contributed by atoms with van der Waals surface area (Å²) in [6.07, 6.45) is 4.78. The van der Waals surface area contributed by atoms with Gasteiger partial charge in [-0.1, -0.05) is 19.1 Å². The van der Waals surface area contributed by atoms with E-state index in [1.165, 1.54) is 11.9 Å². The van der Waals surface area contributed by atoms with E-state index in [1.54, 1.807) is 13.0 Å². The molecule has 0 bridgehead atoms. The molecule has 0 aromatic heterocycles. The number of rotatable bonds is 17. The first kappa shape index (κ1) is 39.6. The molecule has 0 aliphatic rings. The number of ether oxygens (including phenoxy) is 2. The first-order valence-corrected chi connectivity index (χ1v) is 13.9. The molecule has 0 fully saturated rings. The van der Waals surface area contributed by atoms with E-state index in [0.29, 0.717) is 0 Å². The first-order valence-electron chi connectivity index (χ1n) is 13.9.